The van der Waals surface area contributed by atoms with Crippen LogP contribution in [0.2, 0.25) is 5.02 Å². The van der Waals surface area contributed by atoms with Crippen LogP contribution >= 0.6 is 11.6 Å². The number of aromatic hydroxyl groups is 2. The summed E-state index contributed by atoms with van der Waals surface area (Å²) in [6, 6.07) is 6.33. The largest absolute Gasteiger partial charge is 0.508 e. The lowest BCUT2D eigenvalue weighted by Crippen LogP contribution is -2.19. The van der Waals surface area contributed by atoms with Crippen molar-refractivity contribution in [3.05, 3.63) is 41.6 Å². The highest BCUT2D eigenvalue weighted by Crippen LogP contribution is 2.23. The minimum absolute atomic E-state index is 0.153. The van der Waals surface area contributed by atoms with E-state index in [2.05, 4.69) is 15.6 Å². The van der Waals surface area contributed by atoms with Gasteiger partial charge in [0.2, 0.25) is 0 Å². The van der Waals surface area contributed by atoms with Crippen molar-refractivity contribution in [3.63, 3.8) is 0 Å². The van der Waals surface area contributed by atoms with E-state index in [1.54, 1.807) is 12.1 Å². The van der Waals surface area contributed by atoms with Crippen LogP contribution in [0.4, 0.5) is 16.3 Å². The SMILES string of the molecule is O=C(Nc1cc(O)cc(O)c1)Nc1ccc(Cl)cn1. The quantitative estimate of drug-likeness (QED) is 0.680. The molecule has 2 rings (SSSR count). The number of anilines is 2. The summed E-state index contributed by atoms with van der Waals surface area (Å²) >= 11 is 5.67. The predicted octanol–water partition coefficient (Wildman–Crippen LogP) is 2.79. The second-order valence-electron chi connectivity index (χ2n) is 3.68. The fourth-order valence-corrected chi connectivity index (χ4v) is 1.51. The maximum Gasteiger partial charge on any atom is 0.324 e. The Morgan fingerprint density at radius 3 is 2.37 bits per heavy atom. The molecular formula is C12H10ClN3O3. The Morgan fingerprint density at radius 2 is 1.79 bits per heavy atom. The number of phenols is 2. The van der Waals surface area contributed by atoms with Crippen LogP contribution in [0.5, 0.6) is 11.5 Å². The minimum atomic E-state index is -0.556. The Morgan fingerprint density at radius 1 is 1.11 bits per heavy atom. The van der Waals surface area contributed by atoms with Crippen LogP contribution < -0.4 is 10.6 Å². The van der Waals surface area contributed by atoms with Gasteiger partial charge in [-0.1, -0.05) is 11.6 Å². The number of hydrogen-bond acceptors (Lipinski definition) is 4. The smallest absolute Gasteiger partial charge is 0.324 e. The van der Waals surface area contributed by atoms with Gasteiger partial charge in [0.15, 0.2) is 0 Å². The van der Waals surface area contributed by atoms with Crippen LogP contribution in [-0.4, -0.2) is 21.2 Å². The summed E-state index contributed by atoms with van der Waals surface area (Å²) in [6.07, 6.45) is 1.40. The Kier molecular flexibility index (Phi) is 3.72. The second-order valence-corrected chi connectivity index (χ2v) is 4.12. The molecule has 0 fully saturated rings. The Balaban J connectivity index is 2.03. The van der Waals surface area contributed by atoms with Crippen molar-refractivity contribution >= 4 is 29.1 Å². The Hall–Kier alpha value is -2.47. The van der Waals surface area contributed by atoms with Crippen molar-refractivity contribution in [1.29, 1.82) is 0 Å². The molecule has 0 spiro atoms. The first-order valence-electron chi connectivity index (χ1n) is 5.25. The number of urea groups is 1. The molecule has 0 bridgehead atoms. The van der Waals surface area contributed by atoms with Gasteiger partial charge in [0.25, 0.3) is 0 Å². The lowest BCUT2D eigenvalue weighted by Gasteiger charge is -2.07. The number of carbonyl (C=O) groups is 1. The number of phenolic OH excluding ortho intramolecular Hbond substituents is 2. The highest BCUT2D eigenvalue weighted by molar-refractivity contribution is 6.30. The van der Waals surface area contributed by atoms with E-state index in [1.165, 1.54) is 18.3 Å². The molecule has 0 atom stereocenters. The number of amides is 2. The van der Waals surface area contributed by atoms with Crippen LogP contribution in [0.1, 0.15) is 0 Å². The fraction of sp³-hybridized carbons (Fsp3) is 0. The van der Waals surface area contributed by atoms with Gasteiger partial charge in [-0.3, -0.25) is 5.32 Å². The highest BCUT2D eigenvalue weighted by atomic mass is 35.5. The molecule has 0 radical (unpaired) electrons. The third kappa shape index (κ3) is 3.75. The zero-order valence-corrected chi connectivity index (χ0v) is 10.3. The maximum absolute atomic E-state index is 11.6. The third-order valence-corrected chi connectivity index (χ3v) is 2.35. The van der Waals surface area contributed by atoms with Crippen LogP contribution in [0.15, 0.2) is 36.5 Å². The van der Waals surface area contributed by atoms with E-state index in [9.17, 15) is 15.0 Å². The van der Waals surface area contributed by atoms with Gasteiger partial charge in [-0.2, -0.15) is 0 Å². The number of carbonyl (C=O) groups excluding carboxylic acids is 1. The van der Waals surface area contributed by atoms with Gasteiger partial charge in [0.1, 0.15) is 17.3 Å². The molecule has 0 aliphatic heterocycles. The first kappa shape index (κ1) is 13.0. The molecule has 7 heteroatoms. The monoisotopic (exact) mass is 279 g/mol. The molecule has 0 saturated carbocycles. The molecule has 1 heterocycles. The number of hydrogen-bond donors (Lipinski definition) is 4. The minimum Gasteiger partial charge on any atom is -0.508 e. The molecule has 19 heavy (non-hydrogen) atoms. The molecule has 0 aliphatic rings. The van der Waals surface area contributed by atoms with E-state index in [1.807, 2.05) is 0 Å². The molecule has 6 nitrogen and oxygen atoms in total. The van der Waals surface area contributed by atoms with Crippen LogP contribution in [0.3, 0.4) is 0 Å². The lowest BCUT2D eigenvalue weighted by atomic mass is 10.3. The zero-order chi connectivity index (χ0) is 13.8. The second kappa shape index (κ2) is 5.45. The number of halogens is 1. The van der Waals surface area contributed by atoms with Crippen LogP contribution in [0.25, 0.3) is 0 Å². The van der Waals surface area contributed by atoms with Gasteiger partial charge >= 0.3 is 6.03 Å². The first-order chi connectivity index (χ1) is 9.02. The topological polar surface area (TPSA) is 94.5 Å². The highest BCUT2D eigenvalue weighted by Gasteiger charge is 2.05. The molecule has 0 saturated heterocycles. The molecular weight excluding hydrogens is 270 g/mol. The van der Waals surface area contributed by atoms with Gasteiger partial charge in [-0.05, 0) is 12.1 Å². The third-order valence-electron chi connectivity index (χ3n) is 2.13. The summed E-state index contributed by atoms with van der Waals surface area (Å²) in [5.41, 5.74) is 0.254. The normalized spacial score (nSPS) is 9.95. The van der Waals surface area contributed by atoms with E-state index < -0.39 is 6.03 Å². The summed E-state index contributed by atoms with van der Waals surface area (Å²) in [6.45, 7) is 0. The average molecular weight is 280 g/mol. The van der Waals surface area contributed by atoms with Crippen molar-refractivity contribution in [2.45, 2.75) is 0 Å². The maximum atomic E-state index is 11.6. The molecule has 98 valence electrons. The summed E-state index contributed by atoms with van der Waals surface area (Å²) in [4.78, 5) is 15.5. The average Bonchev–Trinajstić information content (AvgIpc) is 2.30. The number of aromatic nitrogens is 1. The first-order valence-corrected chi connectivity index (χ1v) is 5.63. The van der Waals surface area contributed by atoms with Crippen molar-refractivity contribution in [1.82, 2.24) is 4.98 Å². The summed E-state index contributed by atoms with van der Waals surface area (Å²) in [5.74, 6) is 0.0195. The van der Waals surface area contributed by atoms with Crippen LogP contribution in [-0.2, 0) is 0 Å². The van der Waals surface area contributed by atoms with Gasteiger partial charge in [-0.25, -0.2) is 9.78 Å². The molecule has 2 amide bonds. The van der Waals surface area contributed by atoms with Gasteiger partial charge in [0.05, 0.1) is 5.02 Å². The van der Waals surface area contributed by atoms with Crippen LogP contribution in [0, 0.1) is 0 Å². The van der Waals surface area contributed by atoms with E-state index in [4.69, 9.17) is 11.6 Å². The Bertz CT molecular complexity index is 581. The van der Waals surface area contributed by atoms with Gasteiger partial charge in [-0.15, -0.1) is 0 Å². The fourth-order valence-electron chi connectivity index (χ4n) is 1.40. The van der Waals surface area contributed by atoms with E-state index >= 15 is 0 Å². The van der Waals surface area contributed by atoms with E-state index in [0.717, 1.165) is 6.07 Å². The molecule has 0 aliphatic carbocycles. The van der Waals surface area contributed by atoms with Crippen molar-refractivity contribution in [2.75, 3.05) is 10.6 Å². The number of pyridine rings is 1. The van der Waals surface area contributed by atoms with Gasteiger partial charge in [0, 0.05) is 30.1 Å². The number of nitrogens with zero attached hydrogens (tertiary/aromatic N) is 1. The van der Waals surface area contributed by atoms with E-state index in [-0.39, 0.29) is 17.2 Å². The number of benzene rings is 1. The Labute approximate surface area is 113 Å². The van der Waals surface area contributed by atoms with Crippen molar-refractivity contribution < 1.29 is 15.0 Å². The zero-order valence-electron chi connectivity index (χ0n) is 9.59. The predicted molar refractivity (Wildman–Crippen MR) is 71.7 cm³/mol. The summed E-state index contributed by atoms with van der Waals surface area (Å²) in [5, 5.41) is 23.9. The molecule has 2 aromatic rings. The summed E-state index contributed by atoms with van der Waals surface area (Å²) < 4.78 is 0. The lowest BCUT2D eigenvalue weighted by molar-refractivity contribution is 0.262. The molecule has 0 unspecified atom stereocenters. The number of rotatable bonds is 2. The van der Waals surface area contributed by atoms with Crippen molar-refractivity contribution in [3.8, 4) is 11.5 Å². The standard InChI is InChI=1S/C12H10ClN3O3/c13-7-1-2-11(14-6-7)16-12(19)15-8-3-9(17)5-10(18)4-8/h1-6,17-18H,(H2,14,15,16,19). The molecule has 4 N–H and O–H groups in total. The summed E-state index contributed by atoms with van der Waals surface area (Å²) in [7, 11) is 0. The van der Waals surface area contributed by atoms with Gasteiger partial charge < -0.3 is 15.5 Å². The number of nitrogens with one attached hydrogen (secondary N) is 2. The molecule has 1 aromatic heterocycles. The molecule has 1 aromatic carbocycles. The van der Waals surface area contributed by atoms with E-state index in [0.29, 0.717) is 10.8 Å². The van der Waals surface area contributed by atoms with Crippen molar-refractivity contribution in [2.24, 2.45) is 0 Å².